The summed E-state index contributed by atoms with van der Waals surface area (Å²) in [6.07, 6.45) is 2.34. The fourth-order valence-corrected chi connectivity index (χ4v) is 13.7. The van der Waals surface area contributed by atoms with Crippen molar-refractivity contribution >= 4 is 39.0 Å². The van der Waals surface area contributed by atoms with E-state index in [9.17, 15) is 4.79 Å². The zero-order chi connectivity index (χ0) is 43.7. The molecule has 1 fully saturated rings. The molecule has 5 rings (SSSR count). The van der Waals surface area contributed by atoms with Crippen LogP contribution in [0.3, 0.4) is 0 Å². The Morgan fingerprint density at radius 2 is 1.23 bits per heavy atom. The minimum atomic E-state index is -3.32. The Morgan fingerprint density at radius 1 is 0.733 bits per heavy atom. The number of rotatable bonds is 17. The molecule has 4 aromatic carbocycles. The van der Waals surface area contributed by atoms with E-state index in [1.54, 1.807) is 0 Å². The van der Waals surface area contributed by atoms with Gasteiger partial charge in [-0.3, -0.25) is 4.79 Å². The average Bonchev–Trinajstić information content (AvgIpc) is 3.59. The van der Waals surface area contributed by atoms with Crippen LogP contribution in [-0.4, -0.2) is 64.5 Å². The van der Waals surface area contributed by atoms with Gasteiger partial charge in [-0.25, -0.2) is 9.69 Å². The van der Waals surface area contributed by atoms with Gasteiger partial charge in [-0.05, 0) is 89.4 Å². The minimum absolute atomic E-state index is 0.0103. The smallest absolute Gasteiger partial charge is 0.417 e. The zero-order valence-corrected chi connectivity index (χ0v) is 39.7. The molecule has 0 radical (unpaired) electrons. The van der Waals surface area contributed by atoms with Crippen LogP contribution in [-0.2, 0) is 36.1 Å². The highest BCUT2D eigenvalue weighted by Gasteiger charge is 2.54. The molecule has 0 saturated carbocycles. The van der Waals surface area contributed by atoms with E-state index in [-0.39, 0.29) is 24.4 Å². The van der Waals surface area contributed by atoms with E-state index in [4.69, 9.17) is 18.3 Å². The molecule has 1 aliphatic heterocycles. The lowest BCUT2D eigenvalue weighted by molar-refractivity contribution is -0.148. The van der Waals surface area contributed by atoms with Crippen LogP contribution in [0.4, 0.5) is 4.79 Å². The molecule has 9 heteroatoms. The molecule has 0 aliphatic carbocycles. The number of imide groups is 1. The fraction of sp³-hybridized carbons (Fsp3) is 0.412. The highest BCUT2D eigenvalue weighted by atomic mass is 28.4. The van der Waals surface area contributed by atoms with E-state index in [0.717, 1.165) is 32.6 Å². The van der Waals surface area contributed by atoms with Gasteiger partial charge < -0.3 is 18.3 Å². The Hall–Kier alpha value is -4.39. The minimum Gasteiger partial charge on any atom is -0.447 e. The van der Waals surface area contributed by atoms with Gasteiger partial charge >= 0.3 is 6.09 Å². The van der Waals surface area contributed by atoms with Gasteiger partial charge in [-0.15, -0.1) is 0 Å². The third-order valence-electron chi connectivity index (χ3n) is 12.3. The van der Waals surface area contributed by atoms with Crippen molar-refractivity contribution in [1.82, 2.24) is 4.90 Å². The van der Waals surface area contributed by atoms with E-state index in [0.29, 0.717) is 12.8 Å². The highest BCUT2D eigenvalue weighted by molar-refractivity contribution is 6.99. The number of carbonyl (C=O) groups is 2. The summed E-state index contributed by atoms with van der Waals surface area (Å²) in [5.74, 6) is -0.483. The molecule has 0 aromatic heterocycles. The number of benzene rings is 4. The second-order valence-electron chi connectivity index (χ2n) is 18.6. The van der Waals surface area contributed by atoms with Crippen molar-refractivity contribution in [2.45, 2.75) is 129 Å². The van der Waals surface area contributed by atoms with Crippen molar-refractivity contribution in [3.63, 3.8) is 0 Å². The summed E-state index contributed by atoms with van der Waals surface area (Å²) in [6, 6.07) is 40.0. The largest absolute Gasteiger partial charge is 0.447 e. The van der Waals surface area contributed by atoms with Crippen LogP contribution in [0.15, 0.2) is 145 Å². The molecule has 0 spiro atoms. The van der Waals surface area contributed by atoms with Crippen LogP contribution in [0.2, 0.25) is 23.2 Å². The molecule has 320 valence electrons. The van der Waals surface area contributed by atoms with Gasteiger partial charge in [-0.2, -0.15) is 0 Å². The van der Waals surface area contributed by atoms with Crippen LogP contribution in [0.5, 0.6) is 0 Å². The zero-order valence-electron chi connectivity index (χ0n) is 37.7. The molecule has 4 atom stereocenters. The van der Waals surface area contributed by atoms with Crippen LogP contribution in [0, 0.1) is 0 Å². The molecule has 60 heavy (non-hydrogen) atoms. The summed E-state index contributed by atoms with van der Waals surface area (Å²) in [7, 11) is -5.50. The third-order valence-corrected chi connectivity index (χ3v) is 21.8. The Kier molecular flexibility index (Phi) is 15.6. The summed E-state index contributed by atoms with van der Waals surface area (Å²) in [4.78, 5) is 30.6. The predicted octanol–water partition coefficient (Wildman–Crippen LogP) is 10.8. The number of allylic oxidation sites excluding steroid dienone is 1. The second-order valence-corrected chi connectivity index (χ2v) is 27.6. The van der Waals surface area contributed by atoms with Gasteiger partial charge in [0.25, 0.3) is 14.2 Å². The van der Waals surface area contributed by atoms with E-state index >= 15 is 4.79 Å². The first-order chi connectivity index (χ1) is 28.4. The third kappa shape index (κ3) is 10.9. The number of hydrogen-bond donors (Lipinski definition) is 0. The standard InChI is InChI=1S/C51H67NO6Si2/c1-12-38(2)45(57-59(10,11)50(4,5)6)34-33-39(3)46(58-60(51(7,8)9,43-29-21-15-22-30-43)44-31-23-16-24-32-44)47(55-36-41-27-19-14-20-28-41)48(53)52-42(37-56-49(52)54)35-40-25-17-13-18-26-40/h12-33,42,45-47H,34-37H2,1-11H3/b38-12-,39-33+/t42-,45+,46+,47-/m0/s1. The first kappa shape index (κ1) is 46.7. The number of nitrogens with zero attached hydrogens (tertiary/aromatic N) is 1. The molecular weight excluding hydrogens is 779 g/mol. The summed E-state index contributed by atoms with van der Waals surface area (Å²) in [5, 5.41) is 1.74. The first-order valence-corrected chi connectivity index (χ1v) is 26.2. The van der Waals surface area contributed by atoms with Crippen LogP contribution in [0.25, 0.3) is 0 Å². The number of cyclic esters (lactones) is 1. The Labute approximate surface area is 362 Å². The lowest BCUT2D eigenvalue weighted by Crippen LogP contribution is -2.69. The van der Waals surface area contributed by atoms with Gasteiger partial charge in [0, 0.05) is 0 Å². The van der Waals surface area contributed by atoms with E-state index < -0.39 is 51.9 Å². The van der Waals surface area contributed by atoms with Crippen LogP contribution >= 0.6 is 0 Å². The van der Waals surface area contributed by atoms with Crippen molar-refractivity contribution in [2.24, 2.45) is 0 Å². The lowest BCUT2D eigenvalue weighted by Gasteiger charge is -2.46. The monoisotopic (exact) mass is 845 g/mol. The van der Waals surface area contributed by atoms with Crippen molar-refractivity contribution < 1.29 is 27.9 Å². The topological polar surface area (TPSA) is 74.3 Å². The molecule has 0 unspecified atom stereocenters. The molecule has 1 saturated heterocycles. The average molecular weight is 846 g/mol. The summed E-state index contributed by atoms with van der Waals surface area (Å²) in [6.45, 7) is 24.4. The van der Waals surface area contributed by atoms with Gasteiger partial charge in [0.15, 0.2) is 14.4 Å². The molecule has 0 bridgehead atoms. The molecule has 1 heterocycles. The second kappa shape index (κ2) is 20.0. The van der Waals surface area contributed by atoms with Gasteiger partial charge in [0.05, 0.1) is 18.8 Å². The van der Waals surface area contributed by atoms with E-state index in [2.05, 4.69) is 129 Å². The number of carbonyl (C=O) groups excluding carboxylic acids is 2. The number of ether oxygens (including phenoxy) is 2. The van der Waals surface area contributed by atoms with Crippen molar-refractivity contribution in [3.05, 3.63) is 156 Å². The van der Waals surface area contributed by atoms with Crippen molar-refractivity contribution in [3.8, 4) is 0 Å². The van der Waals surface area contributed by atoms with Gasteiger partial charge in [0.2, 0.25) is 0 Å². The van der Waals surface area contributed by atoms with Gasteiger partial charge in [0.1, 0.15) is 12.7 Å². The van der Waals surface area contributed by atoms with Crippen molar-refractivity contribution in [2.75, 3.05) is 6.61 Å². The summed E-state index contributed by atoms with van der Waals surface area (Å²) in [5.41, 5.74) is 3.88. The normalized spacial score (nSPS) is 17.3. The Bertz CT molecular complexity index is 2020. The molecule has 7 nitrogen and oxygen atoms in total. The molecule has 0 N–H and O–H groups in total. The van der Waals surface area contributed by atoms with E-state index in [1.807, 2.05) is 79.7 Å². The maximum absolute atomic E-state index is 15.5. The maximum atomic E-state index is 15.5. The predicted molar refractivity (Wildman–Crippen MR) is 250 cm³/mol. The number of hydrogen-bond acceptors (Lipinski definition) is 6. The Morgan fingerprint density at radius 3 is 1.72 bits per heavy atom. The first-order valence-electron chi connectivity index (χ1n) is 21.3. The molecule has 1 aliphatic rings. The SMILES string of the molecule is C/C=C(/C)[C@@H](C/C=C(\C)[C@@H](O[Si](c1ccccc1)(c1ccccc1)C(C)(C)C)[C@H](OCc1ccccc1)C(=O)N1C(=O)OC[C@@H]1Cc1ccccc1)O[Si](C)(C)C(C)(C)C. The van der Waals surface area contributed by atoms with Crippen molar-refractivity contribution in [1.29, 1.82) is 0 Å². The quantitative estimate of drug-likeness (QED) is 0.0778. The lowest BCUT2D eigenvalue weighted by atomic mass is 9.99. The summed E-state index contributed by atoms with van der Waals surface area (Å²) < 4.78 is 27.6. The highest BCUT2D eigenvalue weighted by Crippen LogP contribution is 2.41. The fourth-order valence-electron chi connectivity index (χ4n) is 7.68. The Balaban J connectivity index is 1.72. The molecule has 2 amide bonds. The van der Waals surface area contributed by atoms with Crippen LogP contribution < -0.4 is 10.4 Å². The molecular formula is C51H67NO6Si2. The summed E-state index contributed by atoms with van der Waals surface area (Å²) >= 11 is 0. The van der Waals surface area contributed by atoms with Gasteiger partial charge in [-0.1, -0.05) is 175 Å². The van der Waals surface area contributed by atoms with Crippen LogP contribution in [0.1, 0.15) is 79.9 Å². The van der Waals surface area contributed by atoms with E-state index in [1.165, 1.54) is 4.90 Å². The molecule has 4 aromatic rings. The maximum Gasteiger partial charge on any atom is 0.417 e. The number of amides is 2.